The highest BCUT2D eigenvalue weighted by atomic mass is 16.1. The summed E-state index contributed by atoms with van der Waals surface area (Å²) in [5.74, 6) is 0. The SMILES string of the molecule is O=c1[nH]/c(=C/c2ccccn2)c(=O)[nH]/c1=C\c1ccccn1. The molecule has 0 unspecified atom stereocenters. The lowest BCUT2D eigenvalue weighted by molar-refractivity contribution is 0.999. The zero-order valence-corrected chi connectivity index (χ0v) is 11.5. The Morgan fingerprint density at radius 2 is 1.18 bits per heavy atom. The van der Waals surface area contributed by atoms with Crippen LogP contribution >= 0.6 is 0 Å². The van der Waals surface area contributed by atoms with Crippen molar-refractivity contribution in [1.82, 2.24) is 19.9 Å². The second kappa shape index (κ2) is 6.01. The van der Waals surface area contributed by atoms with Crippen molar-refractivity contribution in [1.29, 1.82) is 0 Å². The van der Waals surface area contributed by atoms with E-state index < -0.39 is 11.1 Å². The van der Waals surface area contributed by atoms with Gasteiger partial charge in [0, 0.05) is 12.4 Å². The van der Waals surface area contributed by atoms with Crippen LogP contribution in [-0.4, -0.2) is 19.9 Å². The maximum absolute atomic E-state index is 12.1. The molecule has 0 amide bonds. The molecule has 0 spiro atoms. The molecule has 0 atom stereocenters. The van der Waals surface area contributed by atoms with Gasteiger partial charge in [-0.1, -0.05) is 12.1 Å². The van der Waals surface area contributed by atoms with Crippen molar-refractivity contribution in [3.63, 3.8) is 0 Å². The van der Waals surface area contributed by atoms with Crippen molar-refractivity contribution in [2.75, 3.05) is 0 Å². The van der Waals surface area contributed by atoms with Crippen LogP contribution in [0, 0.1) is 0 Å². The lowest BCUT2D eigenvalue weighted by Crippen LogP contribution is -2.46. The molecule has 0 fully saturated rings. The van der Waals surface area contributed by atoms with Crippen LogP contribution in [0.25, 0.3) is 12.2 Å². The molecule has 0 aliphatic carbocycles. The van der Waals surface area contributed by atoms with Crippen LogP contribution in [0.1, 0.15) is 11.4 Å². The van der Waals surface area contributed by atoms with Gasteiger partial charge in [-0.25, -0.2) is 0 Å². The number of aromatic amines is 2. The first-order chi connectivity index (χ1) is 10.7. The molecule has 0 radical (unpaired) electrons. The molecule has 3 heterocycles. The molecule has 0 aliphatic rings. The second-order valence-electron chi connectivity index (χ2n) is 4.53. The smallest absolute Gasteiger partial charge is 0.272 e. The highest BCUT2D eigenvalue weighted by Crippen LogP contribution is 1.92. The molecule has 22 heavy (non-hydrogen) atoms. The summed E-state index contributed by atoms with van der Waals surface area (Å²) in [7, 11) is 0. The summed E-state index contributed by atoms with van der Waals surface area (Å²) in [5.41, 5.74) is 0.384. The van der Waals surface area contributed by atoms with Gasteiger partial charge in [-0.15, -0.1) is 0 Å². The van der Waals surface area contributed by atoms with Crippen molar-refractivity contribution in [2.24, 2.45) is 0 Å². The average Bonchev–Trinajstić information content (AvgIpc) is 2.54. The topological polar surface area (TPSA) is 91.5 Å². The van der Waals surface area contributed by atoms with Crippen LogP contribution in [0.3, 0.4) is 0 Å². The minimum atomic E-state index is -0.396. The average molecular weight is 292 g/mol. The van der Waals surface area contributed by atoms with Crippen LogP contribution in [0.15, 0.2) is 58.4 Å². The van der Waals surface area contributed by atoms with Crippen LogP contribution in [0.5, 0.6) is 0 Å². The summed E-state index contributed by atoms with van der Waals surface area (Å²) < 4.78 is 0. The Bertz CT molecular complexity index is 921. The summed E-state index contributed by atoms with van der Waals surface area (Å²) in [6.45, 7) is 0. The predicted molar refractivity (Wildman–Crippen MR) is 82.5 cm³/mol. The first-order valence-corrected chi connectivity index (χ1v) is 6.60. The summed E-state index contributed by atoms with van der Waals surface area (Å²) in [4.78, 5) is 37.4. The highest BCUT2D eigenvalue weighted by molar-refractivity contribution is 5.44. The Balaban J connectivity index is 2.14. The summed E-state index contributed by atoms with van der Waals surface area (Å²) in [6, 6.07) is 10.6. The van der Waals surface area contributed by atoms with E-state index in [1.165, 1.54) is 12.2 Å². The van der Waals surface area contributed by atoms with Gasteiger partial charge in [0.15, 0.2) is 0 Å². The van der Waals surface area contributed by atoms with E-state index in [0.29, 0.717) is 11.4 Å². The van der Waals surface area contributed by atoms with Gasteiger partial charge >= 0.3 is 0 Å². The standard InChI is InChI=1S/C16H12N4O2/c21-15-13(9-11-5-1-3-7-17-11)19-16(22)14(20-15)10-12-6-2-4-8-18-12/h1-10H,(H,19,22)(H,20,21)/b13-9-,14-10+. The minimum Gasteiger partial charge on any atom is -0.316 e. The Morgan fingerprint density at radius 1 is 0.727 bits per heavy atom. The third kappa shape index (κ3) is 3.06. The number of hydrogen-bond acceptors (Lipinski definition) is 4. The molecule has 0 aromatic carbocycles. The predicted octanol–water partition coefficient (Wildman–Crippen LogP) is -0.489. The van der Waals surface area contributed by atoms with Crippen molar-refractivity contribution < 1.29 is 0 Å². The van der Waals surface area contributed by atoms with Crippen LogP contribution < -0.4 is 21.8 Å². The van der Waals surface area contributed by atoms with Crippen LogP contribution in [0.4, 0.5) is 0 Å². The molecule has 0 saturated heterocycles. The molecule has 0 bridgehead atoms. The van der Waals surface area contributed by atoms with Gasteiger partial charge in [0.1, 0.15) is 10.7 Å². The molecular formula is C16H12N4O2. The number of nitrogens with one attached hydrogen (secondary N) is 2. The Morgan fingerprint density at radius 3 is 1.55 bits per heavy atom. The third-order valence-corrected chi connectivity index (χ3v) is 2.95. The van der Waals surface area contributed by atoms with Gasteiger partial charge in [-0.05, 0) is 36.4 Å². The molecule has 2 N–H and O–H groups in total. The van der Waals surface area contributed by atoms with Gasteiger partial charge in [-0.2, -0.15) is 0 Å². The Kier molecular flexibility index (Phi) is 3.74. The highest BCUT2D eigenvalue weighted by Gasteiger charge is 1.97. The fraction of sp³-hybridized carbons (Fsp3) is 0. The number of aromatic nitrogens is 4. The molecule has 3 aromatic heterocycles. The molecule has 3 aromatic rings. The number of nitrogens with zero attached hydrogens (tertiary/aromatic N) is 2. The maximum atomic E-state index is 12.1. The van der Waals surface area contributed by atoms with E-state index in [-0.39, 0.29) is 10.7 Å². The summed E-state index contributed by atoms with van der Waals surface area (Å²) in [5, 5.41) is 0.309. The Hall–Kier alpha value is -3.28. The summed E-state index contributed by atoms with van der Waals surface area (Å²) >= 11 is 0. The Labute approximate surface area is 124 Å². The van der Waals surface area contributed by atoms with Crippen molar-refractivity contribution >= 4 is 12.2 Å². The summed E-state index contributed by atoms with van der Waals surface area (Å²) in [6.07, 6.45) is 6.26. The lowest BCUT2D eigenvalue weighted by Gasteiger charge is -1.93. The van der Waals surface area contributed by atoms with Crippen molar-refractivity contribution in [2.45, 2.75) is 0 Å². The number of hydrogen-bond donors (Lipinski definition) is 2. The van der Waals surface area contributed by atoms with Gasteiger partial charge in [0.2, 0.25) is 0 Å². The van der Waals surface area contributed by atoms with E-state index >= 15 is 0 Å². The van der Waals surface area contributed by atoms with Gasteiger partial charge in [-0.3, -0.25) is 19.6 Å². The van der Waals surface area contributed by atoms with E-state index in [1.54, 1.807) is 48.8 Å². The molecule has 6 heteroatoms. The van der Waals surface area contributed by atoms with Crippen LogP contribution in [0.2, 0.25) is 0 Å². The monoisotopic (exact) mass is 292 g/mol. The van der Waals surface area contributed by atoms with Crippen LogP contribution in [-0.2, 0) is 0 Å². The maximum Gasteiger partial charge on any atom is 0.272 e. The first-order valence-electron chi connectivity index (χ1n) is 6.60. The molecule has 6 nitrogen and oxygen atoms in total. The number of rotatable bonds is 2. The van der Waals surface area contributed by atoms with Crippen molar-refractivity contribution in [3.05, 3.63) is 91.6 Å². The normalized spacial score (nSPS) is 12.5. The van der Waals surface area contributed by atoms with E-state index in [1.807, 2.05) is 0 Å². The lowest BCUT2D eigenvalue weighted by atomic mass is 10.3. The van der Waals surface area contributed by atoms with Gasteiger partial charge in [0.25, 0.3) is 11.1 Å². The van der Waals surface area contributed by atoms with Gasteiger partial charge in [0.05, 0.1) is 11.4 Å². The van der Waals surface area contributed by atoms with Crippen molar-refractivity contribution in [3.8, 4) is 0 Å². The molecule has 108 valence electrons. The first kappa shape index (κ1) is 13.7. The second-order valence-corrected chi connectivity index (χ2v) is 4.53. The minimum absolute atomic E-state index is 0.155. The van der Waals surface area contributed by atoms with E-state index in [4.69, 9.17) is 0 Å². The largest absolute Gasteiger partial charge is 0.316 e. The zero-order chi connectivity index (χ0) is 15.4. The van der Waals surface area contributed by atoms with E-state index in [0.717, 1.165) is 0 Å². The molecule has 0 aliphatic heterocycles. The van der Waals surface area contributed by atoms with E-state index in [2.05, 4.69) is 19.9 Å². The van der Waals surface area contributed by atoms with E-state index in [9.17, 15) is 9.59 Å². The molecular weight excluding hydrogens is 280 g/mol. The number of H-pyrrole nitrogens is 2. The quantitative estimate of drug-likeness (QED) is 0.667. The third-order valence-electron chi connectivity index (χ3n) is 2.95. The van der Waals surface area contributed by atoms with Gasteiger partial charge < -0.3 is 9.97 Å². The fourth-order valence-electron chi connectivity index (χ4n) is 1.91. The molecule has 3 rings (SSSR count). The number of pyridine rings is 2. The fourth-order valence-corrected chi connectivity index (χ4v) is 1.91. The molecule has 0 saturated carbocycles. The zero-order valence-electron chi connectivity index (χ0n) is 11.5.